The number of piperazine rings is 1. The van der Waals surface area contributed by atoms with Gasteiger partial charge in [0.2, 0.25) is 0 Å². The van der Waals surface area contributed by atoms with Gasteiger partial charge in [-0.3, -0.25) is 0 Å². The zero-order valence-corrected chi connectivity index (χ0v) is 19.1. The van der Waals surface area contributed by atoms with Gasteiger partial charge in [-0.05, 0) is 48.9 Å². The van der Waals surface area contributed by atoms with E-state index in [2.05, 4.69) is 25.5 Å². The minimum absolute atomic E-state index is 0.0749. The van der Waals surface area contributed by atoms with Gasteiger partial charge >= 0.3 is 6.18 Å². The Morgan fingerprint density at radius 2 is 1.91 bits per heavy atom. The second-order valence-electron chi connectivity index (χ2n) is 8.40. The normalized spacial score (nSPS) is 16.7. The average Bonchev–Trinajstić information content (AvgIpc) is 3.29. The molecule has 1 saturated heterocycles. The zero-order chi connectivity index (χ0) is 23.9. The Morgan fingerprint density at radius 3 is 2.68 bits per heavy atom. The van der Waals surface area contributed by atoms with E-state index in [1.165, 1.54) is 0 Å². The molecule has 176 valence electrons. The van der Waals surface area contributed by atoms with Crippen LogP contribution in [0.5, 0.6) is 0 Å². The van der Waals surface area contributed by atoms with Gasteiger partial charge in [0, 0.05) is 65.9 Å². The summed E-state index contributed by atoms with van der Waals surface area (Å²) in [4.78, 5) is 9.94. The number of hydrogen-bond acceptors (Lipinski definition) is 4. The first-order chi connectivity index (χ1) is 16.3. The van der Waals surface area contributed by atoms with E-state index in [1.807, 2.05) is 37.4 Å². The second kappa shape index (κ2) is 8.85. The highest BCUT2D eigenvalue weighted by atomic mass is 35.5. The molecule has 9 heteroatoms. The van der Waals surface area contributed by atoms with Crippen LogP contribution in [0.1, 0.15) is 22.7 Å². The molecule has 1 atom stereocenters. The van der Waals surface area contributed by atoms with Gasteiger partial charge in [0.05, 0.1) is 10.6 Å². The predicted molar refractivity (Wildman–Crippen MR) is 130 cm³/mol. The van der Waals surface area contributed by atoms with E-state index in [1.54, 1.807) is 18.3 Å². The molecule has 1 fully saturated rings. The van der Waals surface area contributed by atoms with E-state index >= 15 is 0 Å². The summed E-state index contributed by atoms with van der Waals surface area (Å²) in [5.74, 6) is 0.726. The van der Waals surface area contributed by atoms with Crippen molar-refractivity contribution in [2.75, 3.05) is 29.9 Å². The number of hydrogen-bond donors (Lipinski definition) is 3. The Morgan fingerprint density at radius 1 is 1.12 bits per heavy atom. The summed E-state index contributed by atoms with van der Waals surface area (Å²) >= 11 is 6.41. The van der Waals surface area contributed by atoms with Gasteiger partial charge in [0.15, 0.2) is 0 Å². The van der Waals surface area contributed by atoms with Gasteiger partial charge < -0.3 is 20.5 Å². The summed E-state index contributed by atoms with van der Waals surface area (Å²) in [6.45, 7) is 4.14. The van der Waals surface area contributed by atoms with Crippen LogP contribution in [0.4, 0.5) is 30.4 Å². The summed E-state index contributed by atoms with van der Waals surface area (Å²) in [5.41, 5.74) is 3.97. The van der Waals surface area contributed by atoms with E-state index in [4.69, 9.17) is 11.6 Å². The number of anilines is 3. The fourth-order valence-electron chi connectivity index (χ4n) is 4.42. The molecule has 0 radical (unpaired) electrons. The smallest absolute Gasteiger partial charge is 0.368 e. The van der Waals surface area contributed by atoms with Crippen LogP contribution in [0.3, 0.4) is 0 Å². The lowest BCUT2D eigenvalue weighted by molar-refractivity contribution is -0.137. The molecule has 0 amide bonds. The molecule has 2 aromatic carbocycles. The van der Waals surface area contributed by atoms with Crippen LogP contribution in [0.25, 0.3) is 10.9 Å². The average molecular weight is 486 g/mol. The lowest BCUT2D eigenvalue weighted by atomic mass is 10.0. The largest absolute Gasteiger partial charge is 0.416 e. The lowest BCUT2D eigenvalue weighted by Gasteiger charge is -2.36. The fourth-order valence-corrected chi connectivity index (χ4v) is 4.70. The van der Waals surface area contributed by atoms with Crippen LogP contribution < -0.4 is 15.5 Å². The fraction of sp³-hybridized carbons (Fsp3) is 0.240. The number of H-pyrrole nitrogens is 1. The lowest BCUT2D eigenvalue weighted by Crippen LogP contribution is -2.46. The molecule has 1 aliphatic rings. The third kappa shape index (κ3) is 4.43. The number of alkyl halides is 3. The Balaban J connectivity index is 1.37. The predicted octanol–water partition coefficient (Wildman–Crippen LogP) is 6.44. The second-order valence-corrected chi connectivity index (χ2v) is 8.81. The highest BCUT2D eigenvalue weighted by Gasteiger charge is 2.31. The molecule has 5 rings (SSSR count). The van der Waals surface area contributed by atoms with E-state index in [-0.39, 0.29) is 6.04 Å². The number of nitrogens with zero attached hydrogens (tertiary/aromatic N) is 2. The molecule has 0 bridgehead atoms. The van der Waals surface area contributed by atoms with E-state index in [0.29, 0.717) is 11.6 Å². The maximum atomic E-state index is 12.9. The first-order valence-corrected chi connectivity index (χ1v) is 11.3. The van der Waals surface area contributed by atoms with Crippen LogP contribution in [-0.2, 0) is 6.18 Å². The molecule has 4 aromatic rings. The molecule has 34 heavy (non-hydrogen) atoms. The highest BCUT2D eigenvalue weighted by molar-refractivity contribution is 6.35. The number of benzene rings is 2. The molecule has 1 aliphatic heterocycles. The van der Waals surface area contributed by atoms with Crippen molar-refractivity contribution in [3.05, 3.63) is 82.6 Å². The number of rotatable bonds is 4. The topological polar surface area (TPSA) is 56.0 Å². The van der Waals surface area contributed by atoms with Gasteiger partial charge in [-0.15, -0.1) is 0 Å². The minimum atomic E-state index is -4.34. The van der Waals surface area contributed by atoms with Gasteiger partial charge in [-0.1, -0.05) is 23.7 Å². The molecular formula is C25H23ClF3N5. The first kappa shape index (κ1) is 22.6. The molecule has 0 aliphatic carbocycles. The Bertz CT molecular complexity index is 1320. The van der Waals surface area contributed by atoms with Gasteiger partial charge in [-0.25, -0.2) is 4.98 Å². The van der Waals surface area contributed by atoms with Gasteiger partial charge in [-0.2, -0.15) is 13.2 Å². The van der Waals surface area contributed by atoms with Crippen LogP contribution in [-0.4, -0.2) is 29.6 Å². The van der Waals surface area contributed by atoms with Crippen LogP contribution in [0.2, 0.25) is 5.02 Å². The number of aromatic amines is 1. The number of halogens is 4. The van der Waals surface area contributed by atoms with E-state index in [0.717, 1.165) is 64.4 Å². The Hall–Kier alpha value is -3.23. The zero-order valence-electron chi connectivity index (χ0n) is 18.4. The third-order valence-corrected chi connectivity index (χ3v) is 6.53. The number of fused-ring (bicyclic) bond motifs is 1. The van der Waals surface area contributed by atoms with Gasteiger partial charge in [0.1, 0.15) is 5.82 Å². The van der Waals surface area contributed by atoms with Crippen molar-refractivity contribution in [2.24, 2.45) is 0 Å². The molecular weight excluding hydrogens is 463 g/mol. The molecule has 0 saturated carbocycles. The summed E-state index contributed by atoms with van der Waals surface area (Å²) in [7, 11) is 0. The maximum absolute atomic E-state index is 12.9. The summed E-state index contributed by atoms with van der Waals surface area (Å²) in [6.07, 6.45) is -0.728. The quantitative estimate of drug-likeness (QED) is 0.311. The highest BCUT2D eigenvalue weighted by Crippen LogP contribution is 2.34. The molecule has 5 nitrogen and oxygen atoms in total. The van der Waals surface area contributed by atoms with Gasteiger partial charge in [0.25, 0.3) is 0 Å². The first-order valence-electron chi connectivity index (χ1n) is 10.9. The summed E-state index contributed by atoms with van der Waals surface area (Å²) in [5, 5.41) is 8.40. The molecule has 0 spiro atoms. The Labute approximate surface area is 199 Å². The summed E-state index contributed by atoms with van der Waals surface area (Å²) < 4.78 is 38.8. The van der Waals surface area contributed by atoms with Crippen molar-refractivity contribution in [3.8, 4) is 0 Å². The molecule has 0 unspecified atom stereocenters. The molecule has 3 N–H and O–H groups in total. The van der Waals surface area contributed by atoms with Crippen molar-refractivity contribution in [1.82, 2.24) is 15.3 Å². The van der Waals surface area contributed by atoms with Crippen molar-refractivity contribution < 1.29 is 13.2 Å². The van der Waals surface area contributed by atoms with Crippen LogP contribution in [0, 0.1) is 6.92 Å². The monoisotopic (exact) mass is 485 g/mol. The van der Waals surface area contributed by atoms with Crippen molar-refractivity contribution in [3.63, 3.8) is 0 Å². The van der Waals surface area contributed by atoms with E-state index in [9.17, 15) is 13.2 Å². The number of pyridine rings is 1. The van der Waals surface area contributed by atoms with Crippen LogP contribution in [0.15, 0.2) is 60.9 Å². The Kier molecular flexibility index (Phi) is 5.87. The van der Waals surface area contributed by atoms with E-state index < -0.39 is 11.7 Å². The van der Waals surface area contributed by atoms with Crippen molar-refractivity contribution in [1.29, 1.82) is 0 Å². The van der Waals surface area contributed by atoms with Crippen LogP contribution >= 0.6 is 11.6 Å². The van der Waals surface area contributed by atoms with Crippen molar-refractivity contribution in [2.45, 2.75) is 19.1 Å². The summed E-state index contributed by atoms with van der Waals surface area (Å²) in [6, 6.07) is 13.1. The maximum Gasteiger partial charge on any atom is 0.416 e. The molecule has 3 heterocycles. The number of aromatic nitrogens is 2. The number of nitrogens with one attached hydrogen (secondary N) is 3. The van der Waals surface area contributed by atoms with Crippen molar-refractivity contribution >= 4 is 39.7 Å². The standard InChI is InChI=1S/C25H23ClF3N5/c1-15-23(7-9-32-24(15)33-18-12-20(26)19-6-8-30-21(19)13-18)34-11-10-31-22(14-34)16-2-4-17(5-3-16)25(27,28)29/h2-9,12-13,22,30-31H,10-11,14H2,1H3,(H,32,33)/t22-/m1/s1. The molecule has 2 aromatic heterocycles. The SMILES string of the molecule is Cc1c(N2CCN[C@@H](c3ccc(C(F)(F)F)cc3)C2)ccnc1Nc1cc(Cl)c2cc[nH]c2c1. The third-order valence-electron chi connectivity index (χ3n) is 6.21. The minimum Gasteiger partial charge on any atom is -0.368 e.